The normalized spacial score (nSPS) is 26.6. The molecule has 3 aliphatic heterocycles. The first-order valence-corrected chi connectivity index (χ1v) is 13.3. The number of hydrogen-bond donors (Lipinski definition) is 3. The molecular formula is C20H26FN5O5S2. The topological polar surface area (TPSA) is 128 Å². The maximum absolute atomic E-state index is 13.3. The van der Waals surface area contributed by atoms with Crippen molar-refractivity contribution in [3.05, 3.63) is 30.1 Å². The lowest BCUT2D eigenvalue weighted by Gasteiger charge is -2.41. The number of halogens is 1. The number of thioether (sulfide) groups is 1. The molecule has 0 aliphatic carbocycles. The summed E-state index contributed by atoms with van der Waals surface area (Å²) in [6, 6.07) is 2.18. The summed E-state index contributed by atoms with van der Waals surface area (Å²) in [6.07, 6.45) is 1.18. The Morgan fingerprint density at radius 3 is 2.61 bits per heavy atom. The van der Waals surface area contributed by atoms with Crippen LogP contribution in [0.5, 0.6) is 0 Å². The summed E-state index contributed by atoms with van der Waals surface area (Å²) >= 11 is 1.57. The second-order valence-electron chi connectivity index (χ2n) is 8.13. The average Bonchev–Trinajstić information content (AvgIpc) is 3.35. The zero-order valence-corrected chi connectivity index (χ0v) is 19.5. The van der Waals surface area contributed by atoms with Gasteiger partial charge in [0.25, 0.3) is 0 Å². The molecule has 3 heterocycles. The molecule has 3 saturated heterocycles. The highest BCUT2D eigenvalue weighted by atomic mass is 32.2. The summed E-state index contributed by atoms with van der Waals surface area (Å²) in [6.45, 7) is 0.301. The second-order valence-corrected chi connectivity index (χ2v) is 11.1. The molecule has 13 heteroatoms. The first-order valence-electron chi connectivity index (χ1n) is 10.7. The Hall–Kier alpha value is -2.22. The Morgan fingerprint density at radius 1 is 1.18 bits per heavy atom. The minimum Gasteiger partial charge on any atom is -0.354 e. The Balaban J connectivity index is 1.56. The van der Waals surface area contributed by atoms with E-state index >= 15 is 0 Å². The van der Waals surface area contributed by atoms with E-state index < -0.39 is 39.9 Å². The van der Waals surface area contributed by atoms with Crippen LogP contribution in [-0.4, -0.2) is 91.3 Å². The van der Waals surface area contributed by atoms with Crippen LogP contribution in [0.25, 0.3) is 0 Å². The Labute approximate surface area is 195 Å². The third kappa shape index (κ3) is 5.15. The lowest BCUT2D eigenvalue weighted by atomic mass is 10.1. The predicted octanol–water partition coefficient (Wildman–Crippen LogP) is -0.915. The highest BCUT2D eigenvalue weighted by Gasteiger charge is 2.43. The van der Waals surface area contributed by atoms with Crippen LogP contribution >= 0.6 is 11.8 Å². The van der Waals surface area contributed by atoms with Gasteiger partial charge in [-0.2, -0.15) is 4.31 Å². The molecule has 0 spiro atoms. The number of amides is 3. The number of rotatable bonds is 5. The Morgan fingerprint density at radius 2 is 1.94 bits per heavy atom. The minimum atomic E-state index is -4.01. The van der Waals surface area contributed by atoms with Crippen molar-refractivity contribution in [2.75, 3.05) is 37.8 Å². The van der Waals surface area contributed by atoms with Crippen molar-refractivity contribution < 1.29 is 27.2 Å². The molecule has 33 heavy (non-hydrogen) atoms. The maximum atomic E-state index is 13.3. The first-order chi connectivity index (χ1) is 15.8. The number of nitrogens with zero attached hydrogens (tertiary/aromatic N) is 2. The number of piperidine rings is 1. The van der Waals surface area contributed by atoms with Gasteiger partial charge < -0.3 is 15.5 Å². The van der Waals surface area contributed by atoms with Crippen molar-refractivity contribution >= 4 is 39.5 Å². The standard InChI is InChI=1S/C20H26FN5O5S2/c21-13-3-5-14(6-4-13)33(30,31)25-8-9-26(20(29)16-11-32-12-23-16)17(10-25)19(28)24-15-2-1-7-22-18(15)27/h3-6,15-17,23H,1-2,7-12H2,(H,22,27)(H,24,28)/t15-,16-,17-/m0/s1. The van der Waals surface area contributed by atoms with Crippen molar-refractivity contribution in [3.8, 4) is 0 Å². The number of carbonyl (C=O) groups excluding carboxylic acids is 3. The second kappa shape index (κ2) is 9.95. The molecule has 10 nitrogen and oxygen atoms in total. The fourth-order valence-corrected chi connectivity index (χ4v) is 6.52. The molecule has 3 amide bonds. The molecular weight excluding hydrogens is 473 g/mol. The molecule has 3 atom stereocenters. The van der Waals surface area contributed by atoms with E-state index in [0.717, 1.165) is 16.4 Å². The SMILES string of the molecule is O=C1NCCC[C@@H]1NC(=O)[C@@H]1CN(S(=O)(=O)c2ccc(F)cc2)CCN1C(=O)[C@@H]1CSCN1. The molecule has 1 aromatic rings. The van der Waals surface area contributed by atoms with Crippen molar-refractivity contribution in [2.45, 2.75) is 35.9 Å². The van der Waals surface area contributed by atoms with Gasteiger partial charge in [-0.25, -0.2) is 12.8 Å². The van der Waals surface area contributed by atoms with Crippen LogP contribution in [0.4, 0.5) is 4.39 Å². The molecule has 0 saturated carbocycles. The van der Waals surface area contributed by atoms with Crippen molar-refractivity contribution in [3.63, 3.8) is 0 Å². The Kier molecular flexibility index (Phi) is 7.22. The molecule has 0 bridgehead atoms. The van der Waals surface area contributed by atoms with E-state index in [1.807, 2.05) is 0 Å². The van der Waals surface area contributed by atoms with Gasteiger partial charge >= 0.3 is 0 Å². The van der Waals surface area contributed by atoms with Gasteiger partial charge in [-0.1, -0.05) is 0 Å². The van der Waals surface area contributed by atoms with Gasteiger partial charge in [0.15, 0.2) is 0 Å². The summed E-state index contributed by atoms with van der Waals surface area (Å²) in [5, 5.41) is 8.47. The van der Waals surface area contributed by atoms with E-state index in [0.29, 0.717) is 31.0 Å². The van der Waals surface area contributed by atoms with Crippen LogP contribution in [0, 0.1) is 5.82 Å². The van der Waals surface area contributed by atoms with Crippen LogP contribution in [0.2, 0.25) is 0 Å². The van der Waals surface area contributed by atoms with Gasteiger partial charge in [-0.3, -0.25) is 19.7 Å². The van der Waals surface area contributed by atoms with Gasteiger partial charge in [-0.05, 0) is 37.1 Å². The van der Waals surface area contributed by atoms with E-state index in [2.05, 4.69) is 16.0 Å². The molecule has 3 N–H and O–H groups in total. The summed E-state index contributed by atoms with van der Waals surface area (Å²) in [4.78, 5) is 39.8. The molecule has 3 aliphatic rings. The lowest BCUT2D eigenvalue weighted by Crippen LogP contribution is -2.65. The van der Waals surface area contributed by atoms with Gasteiger partial charge in [0.1, 0.15) is 17.9 Å². The summed E-state index contributed by atoms with van der Waals surface area (Å²) in [7, 11) is -4.01. The van der Waals surface area contributed by atoms with Gasteiger partial charge in [0.05, 0.1) is 10.9 Å². The monoisotopic (exact) mass is 499 g/mol. The molecule has 180 valence electrons. The zero-order valence-electron chi connectivity index (χ0n) is 17.8. The smallest absolute Gasteiger partial charge is 0.244 e. The minimum absolute atomic E-state index is 0.000985. The highest BCUT2D eigenvalue weighted by molar-refractivity contribution is 7.99. The van der Waals surface area contributed by atoms with Crippen LogP contribution in [-0.2, 0) is 24.4 Å². The quantitative estimate of drug-likeness (QED) is 0.478. The van der Waals surface area contributed by atoms with E-state index in [9.17, 15) is 27.2 Å². The van der Waals surface area contributed by atoms with E-state index in [4.69, 9.17) is 0 Å². The van der Waals surface area contributed by atoms with Crippen LogP contribution in [0.3, 0.4) is 0 Å². The number of nitrogens with one attached hydrogen (secondary N) is 3. The molecule has 1 aromatic carbocycles. The van der Waals surface area contributed by atoms with Gasteiger partial charge in [-0.15, -0.1) is 11.8 Å². The summed E-state index contributed by atoms with van der Waals surface area (Å²) in [5.74, 6) is -0.523. The average molecular weight is 500 g/mol. The van der Waals surface area contributed by atoms with Crippen molar-refractivity contribution in [2.24, 2.45) is 0 Å². The lowest BCUT2D eigenvalue weighted by molar-refractivity contribution is -0.144. The molecule has 4 rings (SSSR count). The highest BCUT2D eigenvalue weighted by Crippen LogP contribution is 2.23. The van der Waals surface area contributed by atoms with E-state index in [1.54, 1.807) is 11.8 Å². The summed E-state index contributed by atoms with van der Waals surface area (Å²) in [5.41, 5.74) is 0. The molecule has 0 aromatic heterocycles. The van der Waals surface area contributed by atoms with Crippen LogP contribution in [0.1, 0.15) is 12.8 Å². The number of piperazine rings is 1. The summed E-state index contributed by atoms with van der Waals surface area (Å²) < 4.78 is 40.7. The van der Waals surface area contributed by atoms with E-state index in [1.165, 1.54) is 17.0 Å². The van der Waals surface area contributed by atoms with Crippen LogP contribution in [0.15, 0.2) is 29.2 Å². The zero-order chi connectivity index (χ0) is 23.6. The fraction of sp³-hybridized carbons (Fsp3) is 0.550. The third-order valence-corrected chi connectivity index (χ3v) is 8.82. The van der Waals surface area contributed by atoms with E-state index in [-0.39, 0.29) is 36.3 Å². The van der Waals surface area contributed by atoms with Gasteiger partial charge in [0, 0.05) is 37.8 Å². The van der Waals surface area contributed by atoms with Crippen molar-refractivity contribution in [1.29, 1.82) is 0 Å². The first kappa shape index (κ1) is 23.9. The number of carbonyl (C=O) groups is 3. The number of hydrogen-bond acceptors (Lipinski definition) is 7. The van der Waals surface area contributed by atoms with Crippen molar-refractivity contribution in [1.82, 2.24) is 25.2 Å². The number of sulfonamides is 1. The molecule has 0 radical (unpaired) electrons. The largest absolute Gasteiger partial charge is 0.354 e. The van der Waals surface area contributed by atoms with Gasteiger partial charge in [0.2, 0.25) is 27.7 Å². The maximum Gasteiger partial charge on any atom is 0.244 e. The molecule has 0 unspecified atom stereocenters. The van der Waals surface area contributed by atoms with Crippen LogP contribution < -0.4 is 16.0 Å². The number of benzene rings is 1. The Bertz CT molecular complexity index is 1020. The predicted molar refractivity (Wildman–Crippen MR) is 119 cm³/mol. The fourth-order valence-electron chi connectivity index (χ4n) is 4.15. The molecule has 3 fully saturated rings. The third-order valence-electron chi connectivity index (χ3n) is 6.00.